The van der Waals surface area contributed by atoms with Crippen LogP contribution >= 0.6 is 12.2 Å². The predicted molar refractivity (Wildman–Crippen MR) is 151 cm³/mol. The smallest absolute Gasteiger partial charge is 0.232 e. The summed E-state index contributed by atoms with van der Waals surface area (Å²) < 4.78 is 5.56. The van der Waals surface area contributed by atoms with Gasteiger partial charge in [0.1, 0.15) is 11.6 Å². The second-order valence-corrected chi connectivity index (χ2v) is 10.9. The minimum Gasteiger partial charge on any atom is -0.378 e. The Morgan fingerprint density at radius 3 is 2.22 bits per heavy atom. The lowest BCUT2D eigenvalue weighted by Crippen LogP contribution is -2.40. The zero-order valence-corrected chi connectivity index (χ0v) is 22.4. The van der Waals surface area contributed by atoms with Crippen LogP contribution in [0.3, 0.4) is 0 Å². The molecule has 0 aliphatic carbocycles. The summed E-state index contributed by atoms with van der Waals surface area (Å²) in [7, 11) is 0. The fraction of sp³-hybridized carbons (Fsp3) is 0.593. The summed E-state index contributed by atoms with van der Waals surface area (Å²) in [5.41, 5.74) is 2.50. The molecular weight excluding hydrogens is 470 g/mol. The first-order chi connectivity index (χ1) is 17.5. The van der Waals surface area contributed by atoms with Crippen LogP contribution in [0.2, 0.25) is 0 Å². The lowest BCUT2D eigenvalue weighted by atomic mass is 9.92. The van der Waals surface area contributed by atoms with E-state index in [-0.39, 0.29) is 0 Å². The van der Waals surface area contributed by atoms with Crippen LogP contribution < -0.4 is 25.3 Å². The number of morpholine rings is 1. The molecule has 3 aliphatic heterocycles. The number of thiocarbonyl (C=S) groups is 1. The predicted octanol–water partition coefficient (Wildman–Crippen LogP) is 3.88. The maximum absolute atomic E-state index is 5.63. The molecule has 0 amide bonds. The van der Waals surface area contributed by atoms with Crippen molar-refractivity contribution >= 4 is 40.6 Å². The van der Waals surface area contributed by atoms with Crippen molar-refractivity contribution in [2.24, 2.45) is 11.8 Å². The molecule has 0 spiro atoms. The Labute approximate surface area is 220 Å². The van der Waals surface area contributed by atoms with Crippen LogP contribution in [0.15, 0.2) is 30.3 Å². The van der Waals surface area contributed by atoms with E-state index in [1.165, 1.54) is 30.5 Å². The number of nitrogens with zero attached hydrogens (tertiary/aromatic N) is 5. The van der Waals surface area contributed by atoms with Gasteiger partial charge in [0, 0.05) is 57.6 Å². The van der Waals surface area contributed by atoms with Gasteiger partial charge in [0.15, 0.2) is 5.11 Å². The van der Waals surface area contributed by atoms with Crippen LogP contribution in [0.5, 0.6) is 0 Å². The molecule has 2 N–H and O–H groups in total. The lowest BCUT2D eigenvalue weighted by Gasteiger charge is -2.36. The Hall–Kier alpha value is -2.65. The number of hydrogen-bond donors (Lipinski definition) is 2. The van der Waals surface area contributed by atoms with Gasteiger partial charge in [0.25, 0.3) is 0 Å². The van der Waals surface area contributed by atoms with Crippen LogP contribution in [0.25, 0.3) is 0 Å². The van der Waals surface area contributed by atoms with Crippen molar-refractivity contribution in [2.45, 2.75) is 39.7 Å². The summed E-state index contributed by atoms with van der Waals surface area (Å²) in [6.07, 6.45) is 3.83. The summed E-state index contributed by atoms with van der Waals surface area (Å²) in [5.74, 6) is 3.73. The quantitative estimate of drug-likeness (QED) is 0.565. The van der Waals surface area contributed by atoms with Gasteiger partial charge in [-0.15, -0.1) is 0 Å². The van der Waals surface area contributed by atoms with Crippen LogP contribution in [0.1, 0.15) is 38.7 Å². The largest absolute Gasteiger partial charge is 0.378 e. The van der Waals surface area contributed by atoms with Crippen LogP contribution in [0, 0.1) is 11.8 Å². The zero-order chi connectivity index (χ0) is 24.9. The highest BCUT2D eigenvalue weighted by atomic mass is 32.1. The summed E-state index contributed by atoms with van der Waals surface area (Å²) in [4.78, 5) is 16.8. The van der Waals surface area contributed by atoms with Gasteiger partial charge in [0.05, 0.1) is 13.2 Å². The fourth-order valence-corrected chi connectivity index (χ4v) is 5.74. The number of nitrogens with one attached hydrogen (secondary N) is 2. The first-order valence-electron chi connectivity index (χ1n) is 13.4. The first kappa shape index (κ1) is 25.0. The van der Waals surface area contributed by atoms with Crippen molar-refractivity contribution in [3.8, 4) is 0 Å². The van der Waals surface area contributed by atoms with E-state index in [9.17, 15) is 0 Å². The molecule has 2 atom stereocenters. The van der Waals surface area contributed by atoms with E-state index in [1.807, 2.05) is 0 Å². The third-order valence-corrected chi connectivity index (χ3v) is 7.56. The average molecular weight is 510 g/mol. The number of benzene rings is 1. The highest BCUT2D eigenvalue weighted by Gasteiger charge is 2.25. The van der Waals surface area contributed by atoms with Crippen molar-refractivity contribution in [1.82, 2.24) is 15.3 Å². The average Bonchev–Trinajstić information content (AvgIpc) is 3.43. The van der Waals surface area contributed by atoms with Gasteiger partial charge in [-0.3, -0.25) is 0 Å². The third-order valence-electron chi connectivity index (χ3n) is 7.31. The lowest BCUT2D eigenvalue weighted by molar-refractivity contribution is 0.122. The van der Waals surface area contributed by atoms with Gasteiger partial charge in [-0.1, -0.05) is 26.0 Å². The number of ether oxygens (including phenoxy) is 1. The number of piperidine rings is 1. The second-order valence-electron chi connectivity index (χ2n) is 10.5. The van der Waals surface area contributed by atoms with Gasteiger partial charge in [-0.05, 0) is 61.0 Å². The van der Waals surface area contributed by atoms with Gasteiger partial charge in [0.2, 0.25) is 5.95 Å². The number of hydrogen-bond acceptors (Lipinski definition) is 7. The van der Waals surface area contributed by atoms with Gasteiger partial charge >= 0.3 is 0 Å². The highest BCUT2D eigenvalue weighted by Crippen LogP contribution is 2.28. The molecule has 194 valence electrons. The number of aromatic nitrogens is 2. The van der Waals surface area contributed by atoms with Crippen molar-refractivity contribution in [3.05, 3.63) is 35.9 Å². The van der Waals surface area contributed by atoms with E-state index in [4.69, 9.17) is 26.9 Å². The van der Waals surface area contributed by atoms with Crippen LogP contribution in [-0.4, -0.2) is 67.6 Å². The molecule has 3 saturated heterocycles. The van der Waals surface area contributed by atoms with Crippen molar-refractivity contribution < 1.29 is 4.74 Å². The van der Waals surface area contributed by atoms with E-state index in [0.717, 1.165) is 64.1 Å². The molecule has 0 radical (unpaired) electrons. The molecule has 2 aromatic rings. The SMILES string of the molecule is C[C@@H]1C[C@H](C)CN(c2cc(N3CCOCC3)nc(NC(=S)NCc3ccc(N4CCCC4)cc3)n2)C1. The molecular formula is C27H39N7OS. The monoisotopic (exact) mass is 509 g/mol. The van der Waals surface area contributed by atoms with E-state index < -0.39 is 0 Å². The molecule has 4 heterocycles. The molecule has 0 unspecified atom stereocenters. The van der Waals surface area contributed by atoms with E-state index in [0.29, 0.717) is 29.4 Å². The molecule has 0 bridgehead atoms. The van der Waals surface area contributed by atoms with Crippen molar-refractivity contribution in [1.29, 1.82) is 0 Å². The molecule has 3 fully saturated rings. The Morgan fingerprint density at radius 1 is 0.917 bits per heavy atom. The van der Waals surface area contributed by atoms with E-state index in [2.05, 4.69) is 69.5 Å². The summed E-state index contributed by atoms with van der Waals surface area (Å²) in [6, 6.07) is 10.9. The number of rotatable bonds is 6. The molecule has 0 saturated carbocycles. The van der Waals surface area contributed by atoms with Gasteiger partial charge < -0.3 is 30.1 Å². The molecule has 36 heavy (non-hydrogen) atoms. The molecule has 1 aromatic carbocycles. The normalized spacial score (nSPS) is 22.6. The summed E-state index contributed by atoms with van der Waals surface area (Å²) in [5, 5.41) is 7.11. The molecule has 9 heteroatoms. The van der Waals surface area contributed by atoms with E-state index in [1.54, 1.807) is 0 Å². The van der Waals surface area contributed by atoms with Crippen molar-refractivity contribution in [3.63, 3.8) is 0 Å². The zero-order valence-electron chi connectivity index (χ0n) is 21.6. The minimum atomic E-state index is 0.532. The highest BCUT2D eigenvalue weighted by molar-refractivity contribution is 7.80. The Kier molecular flexibility index (Phi) is 8.06. The van der Waals surface area contributed by atoms with Crippen LogP contribution in [-0.2, 0) is 11.3 Å². The fourth-order valence-electron chi connectivity index (χ4n) is 5.57. The third kappa shape index (κ3) is 6.37. The molecule has 5 rings (SSSR count). The Balaban J connectivity index is 1.25. The molecule has 8 nitrogen and oxygen atoms in total. The summed E-state index contributed by atoms with van der Waals surface area (Å²) >= 11 is 5.63. The molecule has 3 aliphatic rings. The minimum absolute atomic E-state index is 0.532. The molecule has 1 aromatic heterocycles. The standard InChI is InChI=1S/C27H39N7OS/c1-20-15-21(2)19-34(18-20)25-16-24(33-11-13-35-14-12-33)29-26(30-25)31-27(36)28-17-22-5-7-23(8-6-22)32-9-3-4-10-32/h5-8,16,20-21H,3-4,9-15,17-19H2,1-2H3,(H2,28,29,30,31,36)/t20-,21+. The van der Waals surface area contributed by atoms with Crippen LogP contribution in [0.4, 0.5) is 23.3 Å². The topological polar surface area (TPSA) is 68.8 Å². The van der Waals surface area contributed by atoms with Crippen molar-refractivity contribution in [2.75, 3.05) is 72.5 Å². The Bertz CT molecular complexity index is 1010. The second kappa shape index (κ2) is 11.6. The van der Waals surface area contributed by atoms with Gasteiger partial charge in [-0.2, -0.15) is 9.97 Å². The van der Waals surface area contributed by atoms with Gasteiger partial charge in [-0.25, -0.2) is 0 Å². The van der Waals surface area contributed by atoms with E-state index >= 15 is 0 Å². The summed E-state index contributed by atoms with van der Waals surface area (Å²) in [6.45, 7) is 12.7. The maximum atomic E-state index is 5.63. The number of anilines is 4. The maximum Gasteiger partial charge on any atom is 0.232 e. The first-order valence-corrected chi connectivity index (χ1v) is 13.8. The Morgan fingerprint density at radius 2 is 1.56 bits per heavy atom.